The molecule has 5 nitrogen and oxygen atoms in total. The highest BCUT2D eigenvalue weighted by Crippen LogP contribution is 2.26. The fourth-order valence-electron chi connectivity index (χ4n) is 2.57. The van der Waals surface area contributed by atoms with Gasteiger partial charge in [-0.25, -0.2) is 18.1 Å². The molecule has 2 heterocycles. The molecule has 1 aliphatic heterocycles. The predicted octanol–water partition coefficient (Wildman–Crippen LogP) is 2.95. The van der Waals surface area contributed by atoms with Crippen LogP contribution in [0.3, 0.4) is 0 Å². The number of anilines is 1. The normalized spacial score (nSPS) is 18.3. The standard InChI is InChI=1S/C15H15Cl2N3O2S/c16-11-4-5-13(17)14(9-11)23(21,22)19-12-6-8-20(10-12)15-3-1-2-7-18-15/h1-5,7,9,12,19H,6,8,10H2. The van der Waals surface area contributed by atoms with Crippen molar-refractivity contribution in [2.45, 2.75) is 17.4 Å². The van der Waals surface area contributed by atoms with E-state index in [9.17, 15) is 8.42 Å². The van der Waals surface area contributed by atoms with Crippen LogP contribution in [0, 0.1) is 0 Å². The molecular weight excluding hydrogens is 357 g/mol. The molecule has 0 amide bonds. The molecule has 1 atom stereocenters. The van der Waals surface area contributed by atoms with E-state index >= 15 is 0 Å². The number of aromatic nitrogens is 1. The SMILES string of the molecule is O=S(=O)(NC1CCN(c2ccccn2)C1)c1cc(Cl)ccc1Cl. The summed E-state index contributed by atoms with van der Waals surface area (Å²) in [5.74, 6) is 0.843. The van der Waals surface area contributed by atoms with Crippen molar-refractivity contribution in [3.05, 3.63) is 52.6 Å². The minimum atomic E-state index is -3.72. The average molecular weight is 372 g/mol. The second-order valence-corrected chi connectivity index (χ2v) is 7.84. The largest absolute Gasteiger partial charge is 0.355 e. The van der Waals surface area contributed by atoms with Gasteiger partial charge in [-0.3, -0.25) is 0 Å². The van der Waals surface area contributed by atoms with Gasteiger partial charge >= 0.3 is 0 Å². The van der Waals surface area contributed by atoms with E-state index in [4.69, 9.17) is 23.2 Å². The third kappa shape index (κ3) is 3.77. The molecule has 122 valence electrons. The van der Waals surface area contributed by atoms with Gasteiger partial charge in [0.1, 0.15) is 10.7 Å². The van der Waals surface area contributed by atoms with Crippen LogP contribution in [0.1, 0.15) is 6.42 Å². The fraction of sp³-hybridized carbons (Fsp3) is 0.267. The van der Waals surface area contributed by atoms with Crippen LogP contribution in [0.4, 0.5) is 5.82 Å². The Morgan fingerprint density at radius 1 is 1.22 bits per heavy atom. The molecule has 1 aliphatic rings. The van der Waals surface area contributed by atoms with E-state index in [0.717, 1.165) is 12.4 Å². The summed E-state index contributed by atoms with van der Waals surface area (Å²) in [5.41, 5.74) is 0. The van der Waals surface area contributed by atoms with E-state index in [2.05, 4.69) is 9.71 Å². The summed E-state index contributed by atoms with van der Waals surface area (Å²) in [5, 5.41) is 0.484. The van der Waals surface area contributed by atoms with Crippen LogP contribution in [0.2, 0.25) is 10.0 Å². The summed E-state index contributed by atoms with van der Waals surface area (Å²) in [4.78, 5) is 6.34. The zero-order valence-electron chi connectivity index (χ0n) is 12.1. The van der Waals surface area contributed by atoms with Crippen LogP contribution in [0.15, 0.2) is 47.5 Å². The summed E-state index contributed by atoms with van der Waals surface area (Å²) in [6.45, 7) is 1.31. The lowest BCUT2D eigenvalue weighted by Crippen LogP contribution is -2.37. The molecule has 1 unspecified atom stereocenters. The van der Waals surface area contributed by atoms with Crippen LogP contribution >= 0.6 is 23.2 Å². The Bertz CT molecular complexity index is 800. The second kappa shape index (κ2) is 6.65. The Kier molecular flexibility index (Phi) is 4.77. The van der Waals surface area contributed by atoms with E-state index < -0.39 is 10.0 Å². The lowest BCUT2D eigenvalue weighted by molar-refractivity contribution is 0.561. The molecular formula is C15H15Cl2N3O2S. The highest BCUT2D eigenvalue weighted by atomic mass is 35.5. The van der Waals surface area contributed by atoms with Gasteiger partial charge in [0.05, 0.1) is 5.02 Å². The first-order chi connectivity index (χ1) is 11.0. The van der Waals surface area contributed by atoms with E-state index in [1.807, 2.05) is 23.1 Å². The maximum atomic E-state index is 12.5. The van der Waals surface area contributed by atoms with E-state index in [0.29, 0.717) is 18.0 Å². The molecule has 1 fully saturated rings. The number of hydrogen-bond donors (Lipinski definition) is 1. The zero-order chi connectivity index (χ0) is 16.4. The number of pyridine rings is 1. The molecule has 0 saturated carbocycles. The highest BCUT2D eigenvalue weighted by Gasteiger charge is 2.29. The third-order valence-electron chi connectivity index (χ3n) is 3.67. The first-order valence-electron chi connectivity index (χ1n) is 7.09. The molecule has 1 aromatic carbocycles. The Labute approximate surface area is 145 Å². The number of nitrogens with one attached hydrogen (secondary N) is 1. The van der Waals surface area contributed by atoms with Gasteiger partial charge < -0.3 is 4.90 Å². The molecule has 1 aromatic heterocycles. The van der Waals surface area contributed by atoms with Gasteiger partial charge in [-0.15, -0.1) is 0 Å². The molecule has 1 N–H and O–H groups in total. The minimum Gasteiger partial charge on any atom is -0.355 e. The van der Waals surface area contributed by atoms with Crippen LogP contribution in [-0.2, 0) is 10.0 Å². The third-order valence-corrected chi connectivity index (χ3v) is 5.90. The van der Waals surface area contributed by atoms with Gasteiger partial charge in [0.15, 0.2) is 0 Å². The van der Waals surface area contributed by atoms with Crippen molar-refractivity contribution in [1.82, 2.24) is 9.71 Å². The van der Waals surface area contributed by atoms with Crippen molar-refractivity contribution >= 4 is 39.0 Å². The van der Waals surface area contributed by atoms with Crippen molar-refractivity contribution in [3.63, 3.8) is 0 Å². The molecule has 3 rings (SSSR count). The number of rotatable bonds is 4. The molecule has 23 heavy (non-hydrogen) atoms. The maximum Gasteiger partial charge on any atom is 0.242 e. The van der Waals surface area contributed by atoms with Gasteiger partial charge in [0.25, 0.3) is 0 Å². The van der Waals surface area contributed by atoms with Crippen LogP contribution in [-0.4, -0.2) is 32.5 Å². The van der Waals surface area contributed by atoms with E-state index in [1.54, 1.807) is 12.3 Å². The first kappa shape index (κ1) is 16.5. The quantitative estimate of drug-likeness (QED) is 0.897. The molecule has 0 spiro atoms. The summed E-state index contributed by atoms with van der Waals surface area (Å²) in [7, 11) is -3.72. The second-order valence-electron chi connectivity index (χ2n) is 5.32. The summed E-state index contributed by atoms with van der Waals surface area (Å²) >= 11 is 11.9. The van der Waals surface area contributed by atoms with Crippen LogP contribution in [0.5, 0.6) is 0 Å². The Balaban J connectivity index is 1.74. The maximum absolute atomic E-state index is 12.5. The molecule has 8 heteroatoms. The topological polar surface area (TPSA) is 62.3 Å². The summed E-state index contributed by atoms with van der Waals surface area (Å²) in [6, 6.07) is 9.86. The highest BCUT2D eigenvalue weighted by molar-refractivity contribution is 7.89. The van der Waals surface area contributed by atoms with Crippen molar-refractivity contribution in [1.29, 1.82) is 0 Å². The summed E-state index contributed by atoms with van der Waals surface area (Å²) in [6.07, 6.45) is 2.42. The smallest absolute Gasteiger partial charge is 0.242 e. The molecule has 0 radical (unpaired) electrons. The Hall–Kier alpha value is -1.34. The zero-order valence-corrected chi connectivity index (χ0v) is 14.4. The first-order valence-corrected chi connectivity index (χ1v) is 9.33. The Morgan fingerprint density at radius 2 is 2.04 bits per heavy atom. The van der Waals surface area contributed by atoms with Crippen molar-refractivity contribution in [3.8, 4) is 0 Å². The predicted molar refractivity (Wildman–Crippen MR) is 91.6 cm³/mol. The average Bonchev–Trinajstić information content (AvgIpc) is 2.98. The number of halogens is 2. The van der Waals surface area contributed by atoms with E-state index in [1.165, 1.54) is 12.1 Å². The monoisotopic (exact) mass is 371 g/mol. The Morgan fingerprint density at radius 3 is 2.78 bits per heavy atom. The van der Waals surface area contributed by atoms with Crippen LogP contribution < -0.4 is 9.62 Å². The van der Waals surface area contributed by atoms with Gasteiger partial charge in [-0.1, -0.05) is 29.3 Å². The number of benzene rings is 1. The lowest BCUT2D eigenvalue weighted by atomic mass is 10.3. The van der Waals surface area contributed by atoms with Crippen molar-refractivity contribution in [2.24, 2.45) is 0 Å². The molecule has 1 saturated heterocycles. The number of nitrogens with zero attached hydrogens (tertiary/aromatic N) is 2. The minimum absolute atomic E-state index is 0.00273. The molecule has 0 aliphatic carbocycles. The van der Waals surface area contributed by atoms with Gasteiger partial charge in [0, 0.05) is 30.4 Å². The molecule has 0 bridgehead atoms. The van der Waals surface area contributed by atoms with Gasteiger partial charge in [-0.05, 0) is 36.8 Å². The van der Waals surface area contributed by atoms with Crippen molar-refractivity contribution in [2.75, 3.05) is 18.0 Å². The van der Waals surface area contributed by atoms with Crippen LogP contribution in [0.25, 0.3) is 0 Å². The number of hydrogen-bond acceptors (Lipinski definition) is 4. The lowest BCUT2D eigenvalue weighted by Gasteiger charge is -2.18. The van der Waals surface area contributed by atoms with Gasteiger partial charge in [-0.2, -0.15) is 0 Å². The van der Waals surface area contributed by atoms with Crippen molar-refractivity contribution < 1.29 is 8.42 Å². The fourth-order valence-corrected chi connectivity index (χ4v) is 4.60. The van der Waals surface area contributed by atoms with E-state index in [-0.39, 0.29) is 16.0 Å². The summed E-state index contributed by atoms with van der Waals surface area (Å²) < 4.78 is 27.7. The molecule has 2 aromatic rings. The number of sulfonamides is 1. The van der Waals surface area contributed by atoms with Gasteiger partial charge in [0.2, 0.25) is 10.0 Å².